The van der Waals surface area contributed by atoms with Crippen LogP contribution in [-0.2, 0) is 14.8 Å². The van der Waals surface area contributed by atoms with Crippen LogP contribution in [0.2, 0.25) is 0 Å². The monoisotopic (exact) mass is 544 g/mol. The number of nitro groups is 1. The zero-order valence-electron chi connectivity index (χ0n) is 20.5. The summed E-state index contributed by atoms with van der Waals surface area (Å²) in [6.45, 7) is 6.71. The van der Waals surface area contributed by atoms with Gasteiger partial charge >= 0.3 is 0 Å². The second-order valence-corrected chi connectivity index (χ2v) is 11.0. The highest BCUT2D eigenvalue weighted by Crippen LogP contribution is 2.33. The topological polar surface area (TPSA) is 130 Å². The third-order valence-electron chi connectivity index (χ3n) is 5.85. The van der Waals surface area contributed by atoms with Gasteiger partial charge in [0.15, 0.2) is 5.13 Å². The Morgan fingerprint density at radius 3 is 2.54 bits per heavy atom. The van der Waals surface area contributed by atoms with E-state index in [1.807, 2.05) is 30.3 Å². The van der Waals surface area contributed by atoms with Crippen LogP contribution in [0.5, 0.6) is 0 Å². The van der Waals surface area contributed by atoms with Crippen LogP contribution in [-0.4, -0.2) is 68.2 Å². The molecule has 0 radical (unpaired) electrons. The van der Waals surface area contributed by atoms with Gasteiger partial charge in [0.2, 0.25) is 10.0 Å². The lowest BCUT2D eigenvalue weighted by Crippen LogP contribution is -2.36. The smallest absolute Gasteiger partial charge is 0.295 e. The zero-order chi connectivity index (χ0) is 26.4. The summed E-state index contributed by atoms with van der Waals surface area (Å²) in [7, 11) is -3.84. The number of anilines is 2. The van der Waals surface area contributed by atoms with Crippen molar-refractivity contribution in [2.45, 2.75) is 18.7 Å². The highest BCUT2D eigenvalue weighted by atomic mass is 32.2. The number of aromatic nitrogens is 1. The molecule has 11 nitrogen and oxygen atoms in total. The van der Waals surface area contributed by atoms with E-state index in [4.69, 9.17) is 9.72 Å². The Bertz CT molecular complexity index is 1370. The van der Waals surface area contributed by atoms with Crippen molar-refractivity contribution >= 4 is 44.1 Å². The van der Waals surface area contributed by atoms with Crippen LogP contribution in [0.1, 0.15) is 18.7 Å². The molecule has 13 heteroatoms. The number of nitrogens with zero attached hydrogens (tertiary/aromatic N) is 5. The Hall–Kier alpha value is -3.39. The van der Waals surface area contributed by atoms with Crippen molar-refractivity contribution in [1.82, 2.24) is 9.29 Å². The van der Waals surface area contributed by atoms with Gasteiger partial charge in [0.1, 0.15) is 5.69 Å². The van der Waals surface area contributed by atoms with Gasteiger partial charge in [-0.3, -0.25) is 15.5 Å². The van der Waals surface area contributed by atoms with Crippen LogP contribution in [0, 0.1) is 10.1 Å². The maximum atomic E-state index is 12.8. The molecular formula is C24H28N6O5S2. The molecule has 3 aromatic rings. The van der Waals surface area contributed by atoms with Crippen molar-refractivity contribution in [3.8, 4) is 11.3 Å². The van der Waals surface area contributed by atoms with Crippen molar-refractivity contribution in [3.05, 3.63) is 63.5 Å². The molecule has 0 atom stereocenters. The van der Waals surface area contributed by atoms with E-state index in [9.17, 15) is 18.5 Å². The molecule has 2 aromatic carbocycles. The van der Waals surface area contributed by atoms with E-state index in [0.29, 0.717) is 13.2 Å². The number of thiazole rings is 1. The van der Waals surface area contributed by atoms with Crippen molar-refractivity contribution in [3.63, 3.8) is 0 Å². The minimum Gasteiger partial charge on any atom is -0.378 e. The van der Waals surface area contributed by atoms with E-state index in [0.717, 1.165) is 40.4 Å². The van der Waals surface area contributed by atoms with Crippen molar-refractivity contribution in [2.24, 2.45) is 5.10 Å². The van der Waals surface area contributed by atoms with Crippen LogP contribution in [0.25, 0.3) is 11.3 Å². The van der Waals surface area contributed by atoms with Gasteiger partial charge < -0.3 is 9.64 Å². The minimum atomic E-state index is -3.84. The van der Waals surface area contributed by atoms with Crippen molar-refractivity contribution < 1.29 is 18.1 Å². The number of benzene rings is 2. The Morgan fingerprint density at radius 1 is 1.19 bits per heavy atom. The molecule has 0 saturated carbocycles. The second-order valence-electron chi connectivity index (χ2n) is 8.07. The molecule has 1 aliphatic rings. The molecule has 0 bridgehead atoms. The van der Waals surface area contributed by atoms with Gasteiger partial charge in [0.05, 0.1) is 39.8 Å². The number of hydrazone groups is 1. The third kappa shape index (κ3) is 5.96. The number of sulfonamides is 1. The summed E-state index contributed by atoms with van der Waals surface area (Å²) in [5.41, 5.74) is 4.10. The van der Waals surface area contributed by atoms with Gasteiger partial charge in [0, 0.05) is 37.8 Å². The van der Waals surface area contributed by atoms with Crippen LogP contribution in [0.15, 0.2) is 58.5 Å². The van der Waals surface area contributed by atoms with Crippen LogP contribution in [0.3, 0.4) is 0 Å². The number of nitro benzene ring substituents is 1. The third-order valence-corrected chi connectivity index (χ3v) is 8.94. The average Bonchev–Trinajstić information content (AvgIpc) is 3.34. The van der Waals surface area contributed by atoms with Crippen LogP contribution >= 0.6 is 11.3 Å². The molecule has 0 aliphatic carbocycles. The standard InChI is InChI=1S/C24H28N6O5S2/c1-3-29(4-2)37(33,34)19-10-11-20(21(16-19)30(31)32)27-25-17-22-23(18-8-6-5-7-9-18)26-24(36-22)28-12-14-35-15-13-28/h5-11,16-17,27H,3-4,12-15H2,1-2H3/b25-17+. The summed E-state index contributed by atoms with van der Waals surface area (Å²) in [4.78, 5) is 18.8. The van der Waals surface area contributed by atoms with Gasteiger partial charge in [-0.25, -0.2) is 13.4 Å². The highest BCUT2D eigenvalue weighted by molar-refractivity contribution is 7.89. The number of ether oxygens (including phenoxy) is 1. The van der Waals surface area contributed by atoms with E-state index in [2.05, 4.69) is 15.4 Å². The van der Waals surface area contributed by atoms with Crippen LogP contribution in [0.4, 0.5) is 16.5 Å². The highest BCUT2D eigenvalue weighted by Gasteiger charge is 2.26. The predicted octanol–water partition coefficient (Wildman–Crippen LogP) is 4.03. The fourth-order valence-corrected chi connectivity index (χ4v) is 6.38. The molecule has 0 unspecified atom stereocenters. The normalized spacial score (nSPS) is 14.4. The summed E-state index contributed by atoms with van der Waals surface area (Å²) in [5, 5.41) is 16.8. The summed E-state index contributed by atoms with van der Waals surface area (Å²) < 4.78 is 32.3. The molecule has 37 heavy (non-hydrogen) atoms. The number of rotatable bonds is 10. The summed E-state index contributed by atoms with van der Waals surface area (Å²) in [5.74, 6) is 0. The second kappa shape index (κ2) is 11.8. The Balaban J connectivity index is 1.63. The molecule has 1 aliphatic heterocycles. The molecular weight excluding hydrogens is 516 g/mol. The van der Waals surface area contributed by atoms with Crippen molar-refractivity contribution in [2.75, 3.05) is 49.7 Å². The first kappa shape index (κ1) is 26.7. The van der Waals surface area contributed by atoms with E-state index in [1.165, 1.54) is 27.8 Å². The lowest BCUT2D eigenvalue weighted by molar-refractivity contribution is -0.384. The molecule has 4 rings (SSSR count). The first-order valence-corrected chi connectivity index (χ1v) is 14.1. The maximum Gasteiger partial charge on any atom is 0.295 e. The van der Waals surface area contributed by atoms with Crippen LogP contribution < -0.4 is 10.3 Å². The summed E-state index contributed by atoms with van der Waals surface area (Å²) in [6.07, 6.45) is 1.58. The van der Waals surface area contributed by atoms with Gasteiger partial charge in [0.25, 0.3) is 5.69 Å². The average molecular weight is 545 g/mol. The quantitative estimate of drug-likeness (QED) is 0.230. The molecule has 0 amide bonds. The minimum absolute atomic E-state index is 0.0823. The van der Waals surface area contributed by atoms with Gasteiger partial charge in [-0.05, 0) is 12.1 Å². The molecule has 0 spiro atoms. The molecule has 1 fully saturated rings. The summed E-state index contributed by atoms with van der Waals surface area (Å²) in [6, 6.07) is 13.5. The fraction of sp³-hybridized carbons (Fsp3) is 0.333. The van der Waals surface area contributed by atoms with E-state index in [-0.39, 0.29) is 29.4 Å². The first-order valence-electron chi connectivity index (χ1n) is 11.8. The number of hydrogen-bond donors (Lipinski definition) is 1. The van der Waals surface area contributed by atoms with E-state index < -0.39 is 14.9 Å². The number of morpholine rings is 1. The SMILES string of the molecule is CCN(CC)S(=O)(=O)c1ccc(N/N=C/c2sc(N3CCOCC3)nc2-c2ccccc2)c([N+](=O)[O-])c1. The Labute approximate surface area is 219 Å². The number of hydrogen-bond acceptors (Lipinski definition) is 10. The molecule has 1 N–H and O–H groups in total. The molecule has 196 valence electrons. The maximum absolute atomic E-state index is 12.8. The lowest BCUT2D eigenvalue weighted by atomic mass is 10.1. The number of nitrogens with one attached hydrogen (secondary N) is 1. The van der Waals surface area contributed by atoms with E-state index in [1.54, 1.807) is 20.1 Å². The molecule has 2 heterocycles. The van der Waals surface area contributed by atoms with Crippen molar-refractivity contribution in [1.29, 1.82) is 0 Å². The summed E-state index contributed by atoms with van der Waals surface area (Å²) >= 11 is 1.47. The fourth-order valence-electron chi connectivity index (χ4n) is 3.89. The first-order chi connectivity index (χ1) is 17.8. The Morgan fingerprint density at radius 2 is 1.89 bits per heavy atom. The largest absolute Gasteiger partial charge is 0.378 e. The van der Waals surface area contributed by atoms with E-state index >= 15 is 0 Å². The molecule has 1 aromatic heterocycles. The van der Waals surface area contributed by atoms with Gasteiger partial charge in [-0.2, -0.15) is 9.41 Å². The molecule has 1 saturated heterocycles. The van der Waals surface area contributed by atoms with Gasteiger partial charge in [-0.15, -0.1) is 0 Å². The zero-order valence-corrected chi connectivity index (χ0v) is 22.2. The van der Waals surface area contributed by atoms with Gasteiger partial charge in [-0.1, -0.05) is 55.5 Å². The predicted molar refractivity (Wildman–Crippen MR) is 145 cm³/mol. The Kier molecular flexibility index (Phi) is 8.48. The lowest BCUT2D eigenvalue weighted by Gasteiger charge is -2.26.